The summed E-state index contributed by atoms with van der Waals surface area (Å²) in [6.45, 7) is 0.274. The van der Waals surface area contributed by atoms with E-state index in [1.165, 1.54) is 17.1 Å². The topological polar surface area (TPSA) is 71.6 Å². The van der Waals surface area contributed by atoms with Gasteiger partial charge in [-0.05, 0) is 29.8 Å². The lowest BCUT2D eigenvalue weighted by Crippen LogP contribution is -2.14. The molecule has 0 amide bonds. The zero-order valence-electron chi connectivity index (χ0n) is 13.1. The second kappa shape index (κ2) is 7.56. The van der Waals surface area contributed by atoms with E-state index < -0.39 is 23.3 Å². The third-order valence-corrected chi connectivity index (χ3v) is 3.84. The van der Waals surface area contributed by atoms with Crippen molar-refractivity contribution in [2.75, 3.05) is 5.01 Å². The molecule has 0 aliphatic heterocycles. The number of anilines is 1. The minimum Gasteiger partial charge on any atom is -0.331 e. The van der Waals surface area contributed by atoms with E-state index in [9.17, 15) is 17.6 Å². The van der Waals surface area contributed by atoms with Crippen molar-refractivity contribution in [1.82, 2.24) is 10.1 Å². The molecule has 10 heteroatoms. The Kier molecular flexibility index (Phi) is 5.21. The second-order valence-corrected chi connectivity index (χ2v) is 5.86. The van der Waals surface area contributed by atoms with E-state index in [4.69, 9.17) is 0 Å². The van der Waals surface area contributed by atoms with E-state index in [2.05, 4.69) is 19.9 Å². The summed E-state index contributed by atoms with van der Waals surface area (Å²) in [7, 11) is 0. The summed E-state index contributed by atoms with van der Waals surface area (Å²) in [5.41, 5.74) is 1.76. The van der Waals surface area contributed by atoms with Crippen LogP contribution in [0.2, 0.25) is 0 Å². The number of hydrogen-bond acceptors (Lipinski definition) is 6. The molecule has 3 aromatic rings. The average molecular weight is 380 g/mol. The number of nitroso groups, excluding NO2 is 1. The molecule has 0 radical (unpaired) electrons. The van der Waals surface area contributed by atoms with Crippen LogP contribution in [0.5, 0.6) is 0 Å². The molecular formula is C16H11F3N4O2S. The van der Waals surface area contributed by atoms with Gasteiger partial charge in [0.25, 0.3) is 0 Å². The van der Waals surface area contributed by atoms with Crippen LogP contribution in [0.15, 0.2) is 64.4 Å². The van der Waals surface area contributed by atoms with Crippen LogP contribution >= 0.6 is 12.1 Å². The minimum absolute atomic E-state index is 0.117. The standard InChI is InChI=1S/C16H11F3N4O2S/c17-16(18,26-19)15-20-14(21-25-15)12-6-8-13(9-7-12)23(22-24)10-11-4-2-1-3-5-11/h1-9H,10H2. The molecule has 0 saturated carbocycles. The summed E-state index contributed by atoms with van der Waals surface area (Å²) >= 11 is -1.18. The zero-order valence-corrected chi connectivity index (χ0v) is 13.9. The highest BCUT2D eigenvalue weighted by Gasteiger charge is 2.40. The van der Waals surface area contributed by atoms with E-state index in [-0.39, 0.29) is 12.4 Å². The predicted molar refractivity (Wildman–Crippen MR) is 90.7 cm³/mol. The Balaban J connectivity index is 1.78. The summed E-state index contributed by atoms with van der Waals surface area (Å²) in [4.78, 5) is 14.6. The van der Waals surface area contributed by atoms with Gasteiger partial charge in [0, 0.05) is 5.56 Å². The molecule has 0 spiro atoms. The molecule has 26 heavy (non-hydrogen) atoms. The Labute approximate surface area is 150 Å². The Morgan fingerprint density at radius 3 is 2.42 bits per heavy atom. The van der Waals surface area contributed by atoms with E-state index in [1.54, 1.807) is 12.1 Å². The van der Waals surface area contributed by atoms with Crippen LogP contribution in [0.3, 0.4) is 0 Å². The van der Waals surface area contributed by atoms with E-state index in [0.29, 0.717) is 11.3 Å². The van der Waals surface area contributed by atoms with Gasteiger partial charge in [-0.15, -0.1) is 4.91 Å². The highest BCUT2D eigenvalue weighted by atomic mass is 32.2. The molecule has 0 aliphatic rings. The number of benzene rings is 2. The van der Waals surface area contributed by atoms with Crippen molar-refractivity contribution in [2.45, 2.75) is 11.8 Å². The van der Waals surface area contributed by atoms with Gasteiger partial charge in [-0.2, -0.15) is 17.7 Å². The van der Waals surface area contributed by atoms with Gasteiger partial charge in [-0.25, -0.2) is 5.01 Å². The molecule has 0 aliphatic carbocycles. The van der Waals surface area contributed by atoms with Crippen molar-refractivity contribution in [3.8, 4) is 11.4 Å². The van der Waals surface area contributed by atoms with Crippen LogP contribution in [0.4, 0.5) is 18.4 Å². The average Bonchev–Trinajstić information content (AvgIpc) is 3.18. The Bertz CT molecular complexity index is 875. The number of halogens is 3. The smallest absolute Gasteiger partial charge is 0.331 e. The molecule has 1 aromatic heterocycles. The van der Waals surface area contributed by atoms with Crippen LogP contribution in [0, 0.1) is 4.91 Å². The van der Waals surface area contributed by atoms with Crippen LogP contribution in [0.1, 0.15) is 11.5 Å². The molecule has 3 rings (SSSR count). The van der Waals surface area contributed by atoms with Crippen molar-refractivity contribution in [2.24, 2.45) is 5.29 Å². The zero-order chi connectivity index (χ0) is 18.6. The number of alkyl halides is 2. The molecule has 2 aromatic carbocycles. The molecular weight excluding hydrogens is 369 g/mol. The highest BCUT2D eigenvalue weighted by molar-refractivity contribution is 7.94. The maximum absolute atomic E-state index is 13.2. The summed E-state index contributed by atoms with van der Waals surface area (Å²) in [6.07, 6.45) is 0. The Morgan fingerprint density at radius 2 is 1.81 bits per heavy atom. The van der Waals surface area contributed by atoms with Gasteiger partial charge in [-0.3, -0.25) is 0 Å². The maximum Gasteiger partial charge on any atom is 0.399 e. The molecule has 0 unspecified atom stereocenters. The Hall–Kier alpha value is -2.88. The molecule has 6 nitrogen and oxygen atoms in total. The van der Waals surface area contributed by atoms with Crippen molar-refractivity contribution in [3.63, 3.8) is 0 Å². The van der Waals surface area contributed by atoms with Crippen molar-refractivity contribution in [3.05, 3.63) is 71.0 Å². The lowest BCUT2D eigenvalue weighted by Gasteiger charge is -2.15. The van der Waals surface area contributed by atoms with Crippen molar-refractivity contribution in [1.29, 1.82) is 0 Å². The van der Waals surface area contributed by atoms with Gasteiger partial charge in [0.2, 0.25) is 5.82 Å². The van der Waals surface area contributed by atoms with Crippen LogP contribution in [-0.2, 0) is 11.8 Å². The molecule has 134 valence electrons. The third kappa shape index (κ3) is 3.85. The second-order valence-electron chi connectivity index (χ2n) is 5.19. The highest BCUT2D eigenvalue weighted by Crippen LogP contribution is 2.40. The summed E-state index contributed by atoms with van der Waals surface area (Å²) in [5.74, 6) is -1.24. The van der Waals surface area contributed by atoms with E-state index >= 15 is 0 Å². The lowest BCUT2D eigenvalue weighted by atomic mass is 10.1. The molecule has 0 fully saturated rings. The third-order valence-electron chi connectivity index (χ3n) is 3.47. The van der Waals surface area contributed by atoms with Crippen LogP contribution in [-0.4, -0.2) is 10.1 Å². The number of rotatable bonds is 7. The quantitative estimate of drug-likeness (QED) is 0.420. The van der Waals surface area contributed by atoms with Gasteiger partial charge in [0.1, 0.15) is 12.1 Å². The molecule has 0 bridgehead atoms. The van der Waals surface area contributed by atoms with Crippen molar-refractivity contribution >= 4 is 17.8 Å². The van der Waals surface area contributed by atoms with E-state index in [1.807, 2.05) is 30.3 Å². The van der Waals surface area contributed by atoms with Gasteiger partial charge in [0.05, 0.1) is 17.5 Å². The fourth-order valence-corrected chi connectivity index (χ4v) is 2.35. The van der Waals surface area contributed by atoms with Gasteiger partial charge < -0.3 is 4.52 Å². The largest absolute Gasteiger partial charge is 0.399 e. The van der Waals surface area contributed by atoms with Gasteiger partial charge in [-0.1, -0.05) is 35.5 Å². The van der Waals surface area contributed by atoms with Gasteiger partial charge >= 0.3 is 11.1 Å². The first-order valence-electron chi connectivity index (χ1n) is 7.30. The fraction of sp³-hybridized carbons (Fsp3) is 0.125. The van der Waals surface area contributed by atoms with Gasteiger partial charge in [0.15, 0.2) is 0 Å². The first-order chi connectivity index (χ1) is 12.5. The lowest BCUT2D eigenvalue weighted by molar-refractivity contribution is 0.0610. The van der Waals surface area contributed by atoms with Crippen LogP contribution in [0.25, 0.3) is 11.4 Å². The summed E-state index contributed by atoms with van der Waals surface area (Å²) in [5, 5.41) is 3.75. The summed E-state index contributed by atoms with van der Waals surface area (Å²) < 4.78 is 43.0. The normalized spacial score (nSPS) is 11.3. The number of hydrogen-bond donors (Lipinski definition) is 0. The SMILES string of the molecule is O=NN(Cc1ccccc1)c1ccc(-c2noc(C(F)(F)SF)n2)cc1. The maximum atomic E-state index is 13.2. The Morgan fingerprint density at radius 1 is 1.12 bits per heavy atom. The fourth-order valence-electron chi connectivity index (χ4n) is 2.20. The van der Waals surface area contributed by atoms with E-state index in [0.717, 1.165) is 5.56 Å². The molecule has 0 atom stereocenters. The number of nitrogens with zero attached hydrogens (tertiary/aromatic N) is 4. The van der Waals surface area contributed by atoms with Crippen LogP contribution < -0.4 is 5.01 Å². The molecule has 0 saturated heterocycles. The molecule has 0 N–H and O–H groups in total. The minimum atomic E-state index is -3.90. The predicted octanol–water partition coefficient (Wildman–Crippen LogP) is 5.09. The first-order valence-corrected chi connectivity index (χ1v) is 8.02. The van der Waals surface area contributed by atoms with Crippen molar-refractivity contribution < 1.29 is 17.2 Å². The summed E-state index contributed by atoms with van der Waals surface area (Å²) in [6, 6.07) is 15.5. The monoisotopic (exact) mass is 380 g/mol. The molecule has 1 heterocycles. The first kappa shape index (κ1) is 17.9. The number of aromatic nitrogens is 2.